The number of aromatic amines is 1. The Hall–Kier alpha value is -3.75. The molecule has 2 N–H and O–H groups in total. The number of nitrogens with one attached hydrogen (secondary N) is 2. The van der Waals surface area contributed by atoms with Crippen LogP contribution in [0.5, 0.6) is 5.75 Å². The molecule has 0 saturated heterocycles. The number of anilines is 2. The highest BCUT2D eigenvalue weighted by molar-refractivity contribution is 6.29. The number of hydrazone groups is 1. The van der Waals surface area contributed by atoms with Crippen molar-refractivity contribution in [3.63, 3.8) is 0 Å². The van der Waals surface area contributed by atoms with E-state index in [0.717, 1.165) is 15.9 Å². The largest absolute Gasteiger partial charge is 0.435 e. The summed E-state index contributed by atoms with van der Waals surface area (Å²) in [5.41, 5.74) is 1.99. The number of halogens is 2. The summed E-state index contributed by atoms with van der Waals surface area (Å²) >= 11 is 0. The maximum absolute atomic E-state index is 12.8. The normalized spacial score (nSPS) is 16.4. The van der Waals surface area contributed by atoms with Gasteiger partial charge in [-0.1, -0.05) is 12.1 Å². The molecule has 0 radical (unpaired) electrons. The second-order valence-corrected chi connectivity index (χ2v) is 6.43. The van der Waals surface area contributed by atoms with E-state index >= 15 is 0 Å². The van der Waals surface area contributed by atoms with E-state index in [0.29, 0.717) is 17.1 Å². The topological polar surface area (TPSA) is 86.8 Å². The Morgan fingerprint density at radius 3 is 2.69 bits per heavy atom. The number of amides is 2. The summed E-state index contributed by atoms with van der Waals surface area (Å²) in [4.78, 5) is 28.7. The Morgan fingerprint density at radius 1 is 1.21 bits per heavy atom. The minimum absolute atomic E-state index is 0.0376. The quantitative estimate of drug-likeness (QED) is 0.642. The number of alkyl halides is 2. The summed E-state index contributed by atoms with van der Waals surface area (Å²) < 4.78 is 28.8. The molecular formula is C20H16F2N4O3. The molecule has 4 rings (SSSR count). The molecule has 0 saturated carbocycles. The second kappa shape index (κ2) is 7.34. The number of aromatic nitrogens is 1. The number of hydrogen-bond donors (Lipinski definition) is 2. The molecule has 9 heteroatoms. The van der Waals surface area contributed by atoms with Crippen LogP contribution >= 0.6 is 0 Å². The minimum atomic E-state index is -2.94. The SMILES string of the molecule is CC1=NN(c2ccc(OC(F)F)cc2)C(=O)C1C(=O)Nc1cccc2cc[nH]c12. The average Bonchev–Trinajstić information content (AvgIpc) is 3.27. The lowest BCUT2D eigenvalue weighted by molar-refractivity contribution is -0.127. The molecule has 0 fully saturated rings. The van der Waals surface area contributed by atoms with Crippen LogP contribution in [0.2, 0.25) is 0 Å². The van der Waals surface area contributed by atoms with Gasteiger partial charge in [0.1, 0.15) is 5.75 Å². The lowest BCUT2D eigenvalue weighted by Crippen LogP contribution is -2.36. The van der Waals surface area contributed by atoms with E-state index in [2.05, 4.69) is 20.1 Å². The highest BCUT2D eigenvalue weighted by Gasteiger charge is 2.40. The molecule has 1 aliphatic rings. The maximum atomic E-state index is 12.8. The first-order valence-electron chi connectivity index (χ1n) is 8.75. The summed E-state index contributed by atoms with van der Waals surface area (Å²) in [7, 11) is 0. The van der Waals surface area contributed by atoms with Gasteiger partial charge in [0.25, 0.3) is 5.91 Å². The number of rotatable bonds is 5. The summed E-state index contributed by atoms with van der Waals surface area (Å²) in [5.74, 6) is -2.15. The number of fused-ring (bicyclic) bond motifs is 1. The number of hydrogen-bond acceptors (Lipinski definition) is 4. The van der Waals surface area contributed by atoms with Gasteiger partial charge >= 0.3 is 6.61 Å². The lowest BCUT2D eigenvalue weighted by Gasteiger charge is -2.15. The van der Waals surface area contributed by atoms with E-state index in [4.69, 9.17) is 0 Å². The van der Waals surface area contributed by atoms with Gasteiger partial charge in [-0.25, -0.2) is 0 Å². The molecule has 3 aromatic rings. The van der Waals surface area contributed by atoms with E-state index in [1.54, 1.807) is 25.3 Å². The van der Waals surface area contributed by atoms with E-state index < -0.39 is 24.3 Å². The van der Waals surface area contributed by atoms with Gasteiger partial charge in [-0.05, 0) is 43.3 Å². The fraction of sp³-hybridized carbons (Fsp3) is 0.150. The van der Waals surface area contributed by atoms with Crippen LogP contribution in [-0.2, 0) is 9.59 Å². The highest BCUT2D eigenvalue weighted by atomic mass is 19.3. The molecule has 1 aromatic heterocycles. The van der Waals surface area contributed by atoms with Crippen molar-refractivity contribution in [1.29, 1.82) is 0 Å². The molecule has 2 aromatic carbocycles. The molecule has 7 nitrogen and oxygen atoms in total. The van der Waals surface area contributed by atoms with Crippen LogP contribution in [0.25, 0.3) is 10.9 Å². The van der Waals surface area contributed by atoms with Gasteiger partial charge in [-0.15, -0.1) is 0 Å². The van der Waals surface area contributed by atoms with Crippen molar-refractivity contribution in [1.82, 2.24) is 4.98 Å². The highest BCUT2D eigenvalue weighted by Crippen LogP contribution is 2.28. The maximum Gasteiger partial charge on any atom is 0.387 e. The molecule has 1 unspecified atom stereocenters. The minimum Gasteiger partial charge on any atom is -0.435 e. The van der Waals surface area contributed by atoms with E-state index in [1.165, 1.54) is 24.3 Å². The van der Waals surface area contributed by atoms with Crippen molar-refractivity contribution in [3.05, 3.63) is 54.7 Å². The zero-order valence-corrected chi connectivity index (χ0v) is 15.2. The van der Waals surface area contributed by atoms with Crippen molar-refractivity contribution in [2.75, 3.05) is 10.3 Å². The first-order chi connectivity index (χ1) is 13.9. The number of para-hydroxylation sites is 1. The summed E-state index contributed by atoms with van der Waals surface area (Å²) in [5, 5.41) is 8.96. The molecular weight excluding hydrogens is 382 g/mol. The Labute approximate surface area is 164 Å². The molecule has 2 heterocycles. The average molecular weight is 398 g/mol. The van der Waals surface area contributed by atoms with Crippen LogP contribution in [0.4, 0.5) is 20.2 Å². The molecule has 0 spiro atoms. The van der Waals surface area contributed by atoms with Crippen LogP contribution in [0.1, 0.15) is 6.92 Å². The first-order valence-corrected chi connectivity index (χ1v) is 8.75. The van der Waals surface area contributed by atoms with Crippen LogP contribution in [-0.4, -0.2) is 29.1 Å². The predicted octanol–water partition coefficient (Wildman–Crippen LogP) is 3.75. The number of benzene rings is 2. The van der Waals surface area contributed by atoms with Gasteiger partial charge in [-0.3, -0.25) is 9.59 Å². The van der Waals surface area contributed by atoms with Gasteiger partial charge in [0.2, 0.25) is 5.91 Å². The number of carbonyl (C=O) groups is 2. The third kappa shape index (κ3) is 3.54. The van der Waals surface area contributed by atoms with Crippen molar-refractivity contribution in [2.45, 2.75) is 13.5 Å². The third-order valence-corrected chi connectivity index (χ3v) is 4.54. The van der Waals surface area contributed by atoms with Gasteiger partial charge < -0.3 is 15.0 Å². The molecule has 1 atom stereocenters. The first kappa shape index (κ1) is 18.6. The van der Waals surface area contributed by atoms with Crippen LogP contribution < -0.4 is 15.1 Å². The van der Waals surface area contributed by atoms with Gasteiger partial charge in [0, 0.05) is 11.6 Å². The van der Waals surface area contributed by atoms with E-state index in [1.807, 2.05) is 12.1 Å². The second-order valence-electron chi connectivity index (χ2n) is 6.43. The van der Waals surface area contributed by atoms with E-state index in [9.17, 15) is 18.4 Å². The van der Waals surface area contributed by atoms with Crippen molar-refractivity contribution < 1.29 is 23.1 Å². The smallest absolute Gasteiger partial charge is 0.387 e. The van der Waals surface area contributed by atoms with Crippen LogP contribution in [0, 0.1) is 5.92 Å². The molecule has 0 aliphatic carbocycles. The van der Waals surface area contributed by atoms with Crippen LogP contribution in [0.15, 0.2) is 59.8 Å². The lowest BCUT2D eigenvalue weighted by atomic mass is 10.0. The molecule has 0 bridgehead atoms. The van der Waals surface area contributed by atoms with E-state index in [-0.39, 0.29) is 5.75 Å². The van der Waals surface area contributed by atoms with Crippen molar-refractivity contribution >= 4 is 39.8 Å². The van der Waals surface area contributed by atoms with Gasteiger partial charge in [-0.2, -0.15) is 18.9 Å². The van der Waals surface area contributed by atoms with Crippen molar-refractivity contribution in [3.8, 4) is 5.75 Å². The zero-order valence-electron chi connectivity index (χ0n) is 15.2. The molecule has 29 heavy (non-hydrogen) atoms. The Morgan fingerprint density at radius 2 is 1.97 bits per heavy atom. The summed E-state index contributed by atoms with van der Waals surface area (Å²) in [6.45, 7) is -1.35. The molecule has 1 aliphatic heterocycles. The van der Waals surface area contributed by atoms with Crippen molar-refractivity contribution in [2.24, 2.45) is 11.0 Å². The zero-order chi connectivity index (χ0) is 20.5. The number of carbonyl (C=O) groups excluding carboxylic acids is 2. The Balaban J connectivity index is 1.52. The fourth-order valence-corrected chi connectivity index (χ4v) is 3.22. The number of ether oxygens (including phenoxy) is 1. The van der Waals surface area contributed by atoms with Gasteiger partial charge in [0.15, 0.2) is 5.92 Å². The molecule has 148 valence electrons. The standard InChI is InChI=1S/C20H16F2N4O3/c1-11-16(18(27)24-15-4-2-3-12-9-10-23-17(12)15)19(28)26(25-11)13-5-7-14(8-6-13)29-20(21)22/h2-10,16,20,23H,1H3,(H,24,27). The Kier molecular flexibility index (Phi) is 4.71. The predicted molar refractivity (Wildman–Crippen MR) is 104 cm³/mol. The number of nitrogens with zero attached hydrogens (tertiary/aromatic N) is 2. The summed E-state index contributed by atoms with van der Waals surface area (Å²) in [6.07, 6.45) is 1.76. The van der Waals surface area contributed by atoms with Crippen LogP contribution in [0.3, 0.4) is 0 Å². The Bertz CT molecular complexity index is 1110. The third-order valence-electron chi connectivity index (χ3n) is 4.54. The monoisotopic (exact) mass is 398 g/mol. The molecule has 2 amide bonds. The number of H-pyrrole nitrogens is 1. The van der Waals surface area contributed by atoms with Gasteiger partial charge in [0.05, 0.1) is 22.6 Å². The fourth-order valence-electron chi connectivity index (χ4n) is 3.22. The summed E-state index contributed by atoms with van der Waals surface area (Å²) in [6, 6.07) is 12.8.